The lowest BCUT2D eigenvalue weighted by Gasteiger charge is -2.17. The lowest BCUT2D eigenvalue weighted by molar-refractivity contribution is 0.316. The van der Waals surface area contributed by atoms with Crippen molar-refractivity contribution in [3.05, 3.63) is 0 Å². The minimum Gasteiger partial charge on any atom is -0.482 e. The summed E-state index contributed by atoms with van der Waals surface area (Å²) in [6.07, 6.45) is 7.10. The Kier molecular flexibility index (Phi) is 3.67. The van der Waals surface area contributed by atoms with E-state index in [4.69, 9.17) is 4.74 Å². The van der Waals surface area contributed by atoms with Crippen LogP contribution in [0.5, 0.6) is 0 Å². The number of rotatable bonds is 3. The standard InChI is InChI=1S/C10H16N2O.C3H5NO/c1-2-7(1)9(8-3-4-8)12-10-11-5-6-13-10;1-2-5-3-4-1/h7-9H,1-6H2,(H,11,12);3H,1-2H2. The summed E-state index contributed by atoms with van der Waals surface area (Å²) in [5.74, 6) is 1.83. The predicted octanol–water partition coefficient (Wildman–Crippen LogP) is 1.20. The molecular formula is C13H21N3O2. The number of nitrogens with zero attached hydrogens (tertiary/aromatic N) is 2. The Balaban J connectivity index is 0.000000169. The van der Waals surface area contributed by atoms with Crippen LogP contribution in [0.4, 0.5) is 0 Å². The average Bonchev–Trinajstić information content (AvgIpc) is 3.30. The highest BCUT2D eigenvalue weighted by Crippen LogP contribution is 2.44. The molecule has 0 unspecified atom stereocenters. The van der Waals surface area contributed by atoms with Crippen LogP contribution in [-0.4, -0.2) is 44.8 Å². The van der Waals surface area contributed by atoms with Gasteiger partial charge in [0.1, 0.15) is 13.2 Å². The van der Waals surface area contributed by atoms with Crippen LogP contribution in [0.15, 0.2) is 9.98 Å². The molecule has 0 saturated heterocycles. The largest absolute Gasteiger partial charge is 0.482 e. The van der Waals surface area contributed by atoms with Crippen LogP contribution < -0.4 is 5.32 Å². The Morgan fingerprint density at radius 2 is 1.89 bits per heavy atom. The molecule has 0 aromatic rings. The molecule has 1 N–H and O–H groups in total. The van der Waals surface area contributed by atoms with Crippen molar-refractivity contribution in [3.8, 4) is 0 Å². The Labute approximate surface area is 108 Å². The summed E-state index contributed by atoms with van der Waals surface area (Å²) in [5, 5.41) is 3.47. The van der Waals surface area contributed by atoms with Gasteiger partial charge in [0.2, 0.25) is 0 Å². The molecule has 0 aromatic carbocycles. The van der Waals surface area contributed by atoms with Crippen LogP contribution in [0, 0.1) is 11.8 Å². The van der Waals surface area contributed by atoms with Crippen LogP contribution in [0.2, 0.25) is 0 Å². The Bertz CT molecular complexity index is 317. The first-order valence-electron chi connectivity index (χ1n) is 6.97. The molecule has 2 aliphatic heterocycles. The van der Waals surface area contributed by atoms with Crippen molar-refractivity contribution in [2.24, 2.45) is 21.8 Å². The molecule has 4 aliphatic rings. The van der Waals surface area contributed by atoms with E-state index in [1.807, 2.05) is 0 Å². The second-order valence-corrected chi connectivity index (χ2v) is 5.26. The van der Waals surface area contributed by atoms with E-state index in [0.717, 1.165) is 44.2 Å². The summed E-state index contributed by atoms with van der Waals surface area (Å²) in [7, 11) is 0. The first kappa shape index (κ1) is 11.8. The number of hydrogen-bond donors (Lipinski definition) is 1. The molecular weight excluding hydrogens is 230 g/mol. The van der Waals surface area contributed by atoms with Gasteiger partial charge in [-0.1, -0.05) is 0 Å². The van der Waals surface area contributed by atoms with E-state index < -0.39 is 0 Å². The van der Waals surface area contributed by atoms with E-state index in [1.165, 1.54) is 32.1 Å². The molecule has 5 nitrogen and oxygen atoms in total. The van der Waals surface area contributed by atoms with Gasteiger partial charge in [0.05, 0.1) is 13.1 Å². The third-order valence-electron chi connectivity index (χ3n) is 3.62. The molecule has 2 heterocycles. The zero-order chi connectivity index (χ0) is 12.2. The summed E-state index contributed by atoms with van der Waals surface area (Å²) in [6.45, 7) is 3.23. The zero-order valence-electron chi connectivity index (χ0n) is 10.7. The molecule has 0 bridgehead atoms. The number of amidine groups is 1. The maximum Gasteiger partial charge on any atom is 0.285 e. The van der Waals surface area contributed by atoms with Gasteiger partial charge in [0.15, 0.2) is 6.40 Å². The number of hydrogen-bond acceptors (Lipinski definition) is 5. The normalized spacial score (nSPS) is 25.1. The molecule has 0 radical (unpaired) electrons. The van der Waals surface area contributed by atoms with Gasteiger partial charge >= 0.3 is 0 Å². The predicted molar refractivity (Wildman–Crippen MR) is 69.9 cm³/mol. The van der Waals surface area contributed by atoms with Gasteiger partial charge in [-0.3, -0.25) is 4.99 Å². The summed E-state index contributed by atoms with van der Waals surface area (Å²) in [5.41, 5.74) is 0. The molecule has 0 amide bonds. The van der Waals surface area contributed by atoms with Crippen molar-refractivity contribution in [3.63, 3.8) is 0 Å². The maximum atomic E-state index is 5.38. The Morgan fingerprint density at radius 3 is 2.28 bits per heavy atom. The van der Waals surface area contributed by atoms with Crippen molar-refractivity contribution in [1.82, 2.24) is 5.32 Å². The fourth-order valence-corrected chi connectivity index (χ4v) is 2.36. The fraction of sp³-hybridized carbons (Fsp3) is 0.846. The third kappa shape index (κ3) is 3.37. The van der Waals surface area contributed by atoms with Crippen molar-refractivity contribution in [2.45, 2.75) is 31.7 Å². The monoisotopic (exact) mass is 251 g/mol. The highest BCUT2D eigenvalue weighted by atomic mass is 16.5. The first-order valence-corrected chi connectivity index (χ1v) is 6.97. The summed E-state index contributed by atoms with van der Waals surface area (Å²) < 4.78 is 10.0. The van der Waals surface area contributed by atoms with Crippen molar-refractivity contribution >= 4 is 12.4 Å². The quantitative estimate of drug-likeness (QED) is 0.820. The first-order chi connectivity index (χ1) is 8.93. The number of aliphatic imine (C=N–C) groups is 2. The molecule has 18 heavy (non-hydrogen) atoms. The van der Waals surface area contributed by atoms with E-state index in [9.17, 15) is 0 Å². The van der Waals surface area contributed by atoms with Gasteiger partial charge in [0, 0.05) is 6.04 Å². The summed E-state index contributed by atoms with van der Waals surface area (Å²) >= 11 is 0. The highest BCUT2D eigenvalue weighted by molar-refractivity contribution is 5.75. The molecule has 0 aromatic heterocycles. The smallest absolute Gasteiger partial charge is 0.285 e. The molecule has 2 saturated carbocycles. The fourth-order valence-electron chi connectivity index (χ4n) is 2.36. The second kappa shape index (κ2) is 5.59. The van der Waals surface area contributed by atoms with E-state index in [0.29, 0.717) is 6.04 Å². The summed E-state index contributed by atoms with van der Waals surface area (Å²) in [6, 6.07) is 1.49. The minimum atomic E-state index is 0.678. The molecule has 2 fully saturated rings. The van der Waals surface area contributed by atoms with Gasteiger partial charge in [0.25, 0.3) is 6.02 Å². The maximum absolute atomic E-state index is 5.38. The lowest BCUT2D eigenvalue weighted by atomic mass is 10.1. The SMILES string of the molecule is C1=NCCO1.C1COC(NC(C2CC2)C2CC2)=N1. The van der Waals surface area contributed by atoms with Crippen LogP contribution in [0.3, 0.4) is 0 Å². The lowest BCUT2D eigenvalue weighted by Crippen LogP contribution is -2.38. The average molecular weight is 251 g/mol. The second-order valence-electron chi connectivity index (χ2n) is 5.26. The van der Waals surface area contributed by atoms with Crippen LogP contribution in [0.25, 0.3) is 0 Å². The van der Waals surface area contributed by atoms with Crippen LogP contribution in [-0.2, 0) is 9.47 Å². The van der Waals surface area contributed by atoms with Crippen molar-refractivity contribution in [1.29, 1.82) is 0 Å². The minimum absolute atomic E-state index is 0.678. The molecule has 100 valence electrons. The van der Waals surface area contributed by atoms with Gasteiger partial charge in [-0.05, 0) is 37.5 Å². The Hall–Kier alpha value is -1.26. The van der Waals surface area contributed by atoms with E-state index in [1.54, 1.807) is 0 Å². The van der Waals surface area contributed by atoms with Crippen molar-refractivity contribution in [2.75, 3.05) is 26.3 Å². The highest BCUT2D eigenvalue weighted by Gasteiger charge is 2.42. The Morgan fingerprint density at radius 1 is 1.11 bits per heavy atom. The van der Waals surface area contributed by atoms with Crippen LogP contribution in [0.1, 0.15) is 25.7 Å². The molecule has 0 atom stereocenters. The summed E-state index contributed by atoms with van der Waals surface area (Å²) in [4.78, 5) is 8.02. The van der Waals surface area contributed by atoms with Gasteiger partial charge in [-0.2, -0.15) is 0 Å². The van der Waals surface area contributed by atoms with Gasteiger partial charge < -0.3 is 14.8 Å². The molecule has 0 spiro atoms. The third-order valence-corrected chi connectivity index (χ3v) is 3.62. The number of nitrogens with one attached hydrogen (secondary N) is 1. The van der Waals surface area contributed by atoms with E-state index in [2.05, 4.69) is 20.0 Å². The van der Waals surface area contributed by atoms with Crippen molar-refractivity contribution < 1.29 is 9.47 Å². The van der Waals surface area contributed by atoms with Crippen LogP contribution >= 0.6 is 0 Å². The zero-order valence-corrected chi connectivity index (χ0v) is 10.7. The number of ether oxygens (including phenoxy) is 2. The van der Waals surface area contributed by atoms with E-state index in [-0.39, 0.29) is 0 Å². The topological polar surface area (TPSA) is 55.2 Å². The molecule has 2 aliphatic carbocycles. The molecule has 5 heteroatoms. The van der Waals surface area contributed by atoms with Gasteiger partial charge in [-0.15, -0.1) is 0 Å². The van der Waals surface area contributed by atoms with E-state index >= 15 is 0 Å². The molecule has 4 rings (SSSR count). The van der Waals surface area contributed by atoms with Gasteiger partial charge in [-0.25, -0.2) is 4.99 Å².